The molecule has 226 valence electrons. The first-order valence-electron chi connectivity index (χ1n) is 15.5. The second-order valence-electron chi connectivity index (χ2n) is 11.3. The predicted octanol–water partition coefficient (Wildman–Crippen LogP) is 10.5. The standard InChI is InChI=1S/C40H24N6S2/c1-3-16-29-25(10-1)12-6-18-31(29)33-20-8-22-35(41-33)39-45-43-37(47-39)27-14-5-15-28(24-27)38-44-46-40(48-38)36-23-9-21-34(42-36)32-19-7-13-26-11-2-4-17-30(26)32/h1-24H. The van der Waals surface area contributed by atoms with Crippen molar-refractivity contribution in [2.45, 2.75) is 0 Å². The maximum Gasteiger partial charge on any atom is 0.166 e. The highest BCUT2D eigenvalue weighted by Gasteiger charge is 2.15. The Morgan fingerprint density at radius 3 is 1.25 bits per heavy atom. The average molecular weight is 653 g/mol. The number of hydrogen-bond acceptors (Lipinski definition) is 8. The van der Waals surface area contributed by atoms with Crippen molar-refractivity contribution in [3.05, 3.63) is 146 Å². The molecule has 0 aliphatic carbocycles. The maximum absolute atomic E-state index is 4.99. The molecule has 8 heteroatoms. The molecule has 4 heterocycles. The molecule has 0 aliphatic rings. The van der Waals surface area contributed by atoms with E-state index in [-0.39, 0.29) is 0 Å². The van der Waals surface area contributed by atoms with Crippen molar-refractivity contribution in [2.75, 3.05) is 0 Å². The van der Waals surface area contributed by atoms with Crippen LogP contribution < -0.4 is 0 Å². The molecule has 9 rings (SSSR count). The zero-order valence-electron chi connectivity index (χ0n) is 25.4. The molecule has 4 aromatic heterocycles. The molecule has 0 radical (unpaired) electrons. The normalized spacial score (nSPS) is 11.3. The zero-order valence-corrected chi connectivity index (χ0v) is 27.0. The van der Waals surface area contributed by atoms with Crippen molar-refractivity contribution in [1.29, 1.82) is 0 Å². The van der Waals surface area contributed by atoms with Crippen LogP contribution in [0.15, 0.2) is 146 Å². The Morgan fingerprint density at radius 2 is 0.729 bits per heavy atom. The van der Waals surface area contributed by atoms with E-state index in [4.69, 9.17) is 9.97 Å². The fourth-order valence-corrected chi connectivity index (χ4v) is 7.60. The average Bonchev–Trinajstić information content (AvgIpc) is 3.86. The van der Waals surface area contributed by atoms with E-state index in [9.17, 15) is 0 Å². The molecule has 0 fully saturated rings. The van der Waals surface area contributed by atoms with E-state index >= 15 is 0 Å². The molecule has 0 saturated heterocycles. The lowest BCUT2D eigenvalue weighted by Crippen LogP contribution is -1.88. The van der Waals surface area contributed by atoms with Crippen LogP contribution in [0.2, 0.25) is 0 Å². The number of aromatic nitrogens is 6. The second-order valence-corrected chi connectivity index (χ2v) is 13.2. The van der Waals surface area contributed by atoms with Crippen LogP contribution in [0.1, 0.15) is 0 Å². The predicted molar refractivity (Wildman–Crippen MR) is 197 cm³/mol. The summed E-state index contributed by atoms with van der Waals surface area (Å²) in [7, 11) is 0. The summed E-state index contributed by atoms with van der Waals surface area (Å²) in [5, 5.41) is 26.1. The number of fused-ring (bicyclic) bond motifs is 2. The molecule has 0 aliphatic heterocycles. The van der Waals surface area contributed by atoms with Gasteiger partial charge in [0.15, 0.2) is 10.0 Å². The summed E-state index contributed by atoms with van der Waals surface area (Å²) in [6.45, 7) is 0. The molecule has 0 amide bonds. The highest BCUT2D eigenvalue weighted by atomic mass is 32.1. The summed E-state index contributed by atoms with van der Waals surface area (Å²) in [6.07, 6.45) is 0. The molecule has 0 unspecified atom stereocenters. The van der Waals surface area contributed by atoms with Crippen LogP contribution in [0.3, 0.4) is 0 Å². The van der Waals surface area contributed by atoms with Crippen molar-refractivity contribution in [3.8, 4) is 65.1 Å². The smallest absolute Gasteiger partial charge is 0.166 e. The van der Waals surface area contributed by atoms with Gasteiger partial charge in [0.2, 0.25) is 0 Å². The van der Waals surface area contributed by atoms with E-state index in [0.717, 1.165) is 65.1 Å². The van der Waals surface area contributed by atoms with E-state index in [0.29, 0.717) is 0 Å². The molecule has 0 atom stereocenters. The maximum atomic E-state index is 4.99. The number of pyridine rings is 2. The van der Waals surface area contributed by atoms with Gasteiger partial charge in [-0.15, -0.1) is 20.4 Å². The van der Waals surface area contributed by atoms with E-state index in [1.54, 1.807) is 0 Å². The first kappa shape index (κ1) is 28.3. The van der Waals surface area contributed by atoms with Crippen molar-refractivity contribution >= 4 is 44.2 Å². The van der Waals surface area contributed by atoms with Crippen molar-refractivity contribution in [2.24, 2.45) is 0 Å². The number of nitrogens with zero attached hydrogens (tertiary/aromatic N) is 6. The van der Waals surface area contributed by atoms with E-state index in [1.165, 1.54) is 44.2 Å². The summed E-state index contributed by atoms with van der Waals surface area (Å²) in [5.74, 6) is 0. The van der Waals surface area contributed by atoms with Gasteiger partial charge < -0.3 is 0 Å². The summed E-state index contributed by atoms with van der Waals surface area (Å²) in [5.41, 5.74) is 7.54. The number of rotatable bonds is 6. The van der Waals surface area contributed by atoms with Crippen molar-refractivity contribution in [1.82, 2.24) is 30.4 Å². The topological polar surface area (TPSA) is 77.3 Å². The van der Waals surface area contributed by atoms with Crippen LogP contribution in [0.25, 0.3) is 86.6 Å². The van der Waals surface area contributed by atoms with Gasteiger partial charge in [-0.05, 0) is 51.9 Å². The molecular weight excluding hydrogens is 629 g/mol. The van der Waals surface area contributed by atoms with Crippen molar-refractivity contribution in [3.63, 3.8) is 0 Å². The van der Waals surface area contributed by atoms with Gasteiger partial charge in [0.25, 0.3) is 0 Å². The van der Waals surface area contributed by atoms with Gasteiger partial charge >= 0.3 is 0 Å². The summed E-state index contributed by atoms with van der Waals surface area (Å²) in [4.78, 5) is 9.99. The Bertz CT molecular complexity index is 2420. The van der Waals surface area contributed by atoms with Gasteiger partial charge in [-0.1, -0.05) is 138 Å². The van der Waals surface area contributed by atoms with E-state index < -0.39 is 0 Å². The largest absolute Gasteiger partial charge is 0.245 e. The lowest BCUT2D eigenvalue weighted by molar-refractivity contribution is 1.09. The minimum absolute atomic E-state index is 0.771. The third-order valence-corrected chi connectivity index (χ3v) is 10.3. The molecule has 9 aromatic rings. The van der Waals surface area contributed by atoms with Crippen LogP contribution in [-0.4, -0.2) is 30.4 Å². The van der Waals surface area contributed by atoms with E-state index in [1.807, 2.05) is 54.6 Å². The van der Waals surface area contributed by atoms with Gasteiger partial charge in [0, 0.05) is 22.3 Å². The molecular formula is C40H24N6S2. The molecule has 0 N–H and O–H groups in total. The Labute approximate surface area is 284 Å². The number of hydrogen-bond donors (Lipinski definition) is 0. The second kappa shape index (κ2) is 12.0. The lowest BCUT2D eigenvalue weighted by Gasteiger charge is -2.07. The molecule has 5 aromatic carbocycles. The van der Waals surface area contributed by atoms with Crippen LogP contribution in [0.4, 0.5) is 0 Å². The van der Waals surface area contributed by atoms with Gasteiger partial charge in [0.05, 0.1) is 11.4 Å². The fourth-order valence-electron chi connectivity index (χ4n) is 5.98. The minimum atomic E-state index is 0.771. The fraction of sp³-hybridized carbons (Fsp3) is 0. The van der Waals surface area contributed by atoms with E-state index in [2.05, 4.69) is 111 Å². The Morgan fingerprint density at radius 1 is 0.333 bits per heavy atom. The summed E-state index contributed by atoms with van der Waals surface area (Å²) in [6, 6.07) is 49.7. The summed E-state index contributed by atoms with van der Waals surface area (Å²) < 4.78 is 0. The third kappa shape index (κ3) is 5.23. The van der Waals surface area contributed by atoms with Crippen LogP contribution in [-0.2, 0) is 0 Å². The lowest BCUT2D eigenvalue weighted by atomic mass is 10.0. The Balaban J connectivity index is 0.996. The van der Waals surface area contributed by atoms with Crippen LogP contribution >= 0.6 is 22.7 Å². The molecule has 0 saturated carbocycles. The highest BCUT2D eigenvalue weighted by Crippen LogP contribution is 2.36. The van der Waals surface area contributed by atoms with Gasteiger partial charge in [-0.25, -0.2) is 9.97 Å². The highest BCUT2D eigenvalue weighted by molar-refractivity contribution is 7.18. The van der Waals surface area contributed by atoms with Gasteiger partial charge in [-0.2, -0.15) is 0 Å². The minimum Gasteiger partial charge on any atom is -0.245 e. The van der Waals surface area contributed by atoms with Gasteiger partial charge in [0.1, 0.15) is 21.4 Å². The third-order valence-electron chi connectivity index (χ3n) is 8.27. The monoisotopic (exact) mass is 652 g/mol. The number of benzene rings is 5. The molecule has 0 spiro atoms. The van der Waals surface area contributed by atoms with Gasteiger partial charge in [-0.3, -0.25) is 0 Å². The first-order valence-corrected chi connectivity index (χ1v) is 17.1. The SMILES string of the molecule is c1cc(-c2nnc(-c3cccc(-c4cccc5ccccc45)n3)s2)cc(-c2nnc(-c3cccc(-c4cccc5ccccc45)n3)s2)c1. The Hall–Kier alpha value is -5.96. The van der Waals surface area contributed by atoms with Crippen molar-refractivity contribution < 1.29 is 0 Å². The summed E-state index contributed by atoms with van der Waals surface area (Å²) >= 11 is 3.05. The molecule has 0 bridgehead atoms. The van der Waals surface area contributed by atoms with Crippen LogP contribution in [0, 0.1) is 0 Å². The zero-order chi connectivity index (χ0) is 31.9. The van der Waals surface area contributed by atoms with Crippen LogP contribution in [0.5, 0.6) is 0 Å². The molecule has 48 heavy (non-hydrogen) atoms. The molecule has 6 nitrogen and oxygen atoms in total. The quantitative estimate of drug-likeness (QED) is 0.178. The Kier molecular flexibility index (Phi) is 7.07. The first-order chi connectivity index (χ1) is 23.8.